The van der Waals surface area contributed by atoms with E-state index in [4.69, 9.17) is 0 Å². The van der Waals surface area contributed by atoms with Gasteiger partial charge in [0.15, 0.2) is 0 Å². The molecule has 1 heterocycles. The van der Waals surface area contributed by atoms with E-state index in [1.165, 1.54) is 0 Å². The Balaban J connectivity index is 2.52. The summed E-state index contributed by atoms with van der Waals surface area (Å²) in [5.41, 5.74) is 0.721. The second-order valence-electron chi connectivity index (χ2n) is 2.36. The summed E-state index contributed by atoms with van der Waals surface area (Å²) < 4.78 is 9.38. The van der Waals surface area contributed by atoms with E-state index in [9.17, 15) is 9.76 Å². The lowest BCUT2D eigenvalue weighted by atomic mass is 10.3. The van der Waals surface area contributed by atoms with E-state index in [-0.39, 0.29) is 0 Å². The van der Waals surface area contributed by atoms with Crippen molar-refractivity contribution in [3.63, 3.8) is 0 Å². The van der Waals surface area contributed by atoms with Crippen molar-refractivity contribution in [2.24, 2.45) is 0 Å². The molecule has 0 saturated carbocycles. The van der Waals surface area contributed by atoms with Gasteiger partial charge in [0.25, 0.3) is 0 Å². The Labute approximate surface area is 67.4 Å². The predicted molar refractivity (Wildman–Crippen MR) is 43.8 cm³/mol. The summed E-state index contributed by atoms with van der Waals surface area (Å²) >= 11 is -0.802. The number of benzene rings is 1. The van der Waals surface area contributed by atoms with Crippen LogP contribution >= 0.6 is 0 Å². The third-order valence-corrected chi connectivity index (χ3v) is 2.98. The molecular formula is C7H8NO2S+. The third kappa shape index (κ3) is 0.994. The molecule has 2 rings (SSSR count). The normalized spacial score (nSPS) is 22.0. The van der Waals surface area contributed by atoms with Gasteiger partial charge in [0.05, 0.1) is 0 Å². The molecule has 0 fully saturated rings. The van der Waals surface area contributed by atoms with Gasteiger partial charge in [-0.3, -0.25) is 5.21 Å². The maximum Gasteiger partial charge on any atom is 0.241 e. The predicted octanol–water partition coefficient (Wildman–Crippen LogP) is 1.30. The number of fused-ring (bicyclic) bond motifs is 1. The topological polar surface area (TPSA) is 43.7 Å². The van der Waals surface area contributed by atoms with Crippen LogP contribution in [-0.4, -0.2) is 15.6 Å². The Hall–Kier alpha value is -0.710. The molecule has 1 aromatic rings. The van der Waals surface area contributed by atoms with Gasteiger partial charge in [-0.2, -0.15) is 4.55 Å². The zero-order valence-corrected chi connectivity index (χ0v) is 6.58. The number of hydrogen-bond donors (Lipinski definition) is 2. The quantitative estimate of drug-likeness (QED) is 0.577. The molecule has 1 unspecified atom stereocenters. The lowest BCUT2D eigenvalue weighted by Gasteiger charge is -2.01. The molecule has 0 aliphatic carbocycles. The monoisotopic (exact) mass is 170 g/mol. The first-order valence-corrected chi connectivity index (χ1v) is 4.59. The molecule has 0 radical (unpaired) electrons. The highest BCUT2D eigenvalue weighted by atomic mass is 32.2. The fraction of sp³-hybridized carbons (Fsp3) is 0.143. The molecule has 0 bridgehead atoms. The Morgan fingerprint density at radius 3 is 2.82 bits per heavy atom. The van der Waals surface area contributed by atoms with Gasteiger partial charge in [0.2, 0.25) is 21.9 Å². The van der Waals surface area contributed by atoms with Gasteiger partial charge >= 0.3 is 0 Å². The molecule has 0 spiro atoms. The van der Waals surface area contributed by atoms with Crippen LogP contribution in [0.3, 0.4) is 0 Å². The van der Waals surface area contributed by atoms with Gasteiger partial charge in [-0.1, -0.05) is 12.1 Å². The van der Waals surface area contributed by atoms with Crippen molar-refractivity contribution in [1.82, 2.24) is 0 Å². The van der Waals surface area contributed by atoms with Crippen LogP contribution in [0.2, 0.25) is 0 Å². The average molecular weight is 170 g/mol. The van der Waals surface area contributed by atoms with Crippen LogP contribution in [0.15, 0.2) is 29.2 Å². The maximum absolute atomic E-state index is 9.38. The van der Waals surface area contributed by atoms with Crippen LogP contribution in [0.5, 0.6) is 0 Å². The minimum atomic E-state index is -0.802. The molecule has 1 aliphatic heterocycles. The van der Waals surface area contributed by atoms with Crippen molar-refractivity contribution < 1.29 is 9.76 Å². The van der Waals surface area contributed by atoms with Crippen molar-refractivity contribution in [2.45, 2.75) is 4.90 Å². The van der Waals surface area contributed by atoms with Crippen molar-refractivity contribution in [2.75, 3.05) is 10.9 Å². The summed E-state index contributed by atoms with van der Waals surface area (Å²) in [6.07, 6.45) is 0. The average Bonchev–Trinajstić information content (AvgIpc) is 2.30. The van der Waals surface area contributed by atoms with E-state index < -0.39 is 11.2 Å². The smallest absolute Gasteiger partial charge is 0.241 e. The van der Waals surface area contributed by atoms with Gasteiger partial charge in [-0.05, 0) is 12.1 Å². The summed E-state index contributed by atoms with van der Waals surface area (Å²) in [5.74, 6) is 0.305. The Kier molecular flexibility index (Phi) is 1.52. The zero-order chi connectivity index (χ0) is 7.84. The molecule has 4 heteroatoms. The first-order chi connectivity index (χ1) is 5.29. The van der Waals surface area contributed by atoms with Gasteiger partial charge in [0.1, 0.15) is 5.69 Å². The number of hydrogen-bond acceptors (Lipinski definition) is 3. The van der Waals surface area contributed by atoms with Crippen molar-refractivity contribution in [3.05, 3.63) is 24.3 Å². The SMILES string of the molecule is ON1C[S+](O)c2ccccc21. The van der Waals surface area contributed by atoms with Crippen LogP contribution in [0.25, 0.3) is 0 Å². The molecular weight excluding hydrogens is 162 g/mol. The van der Waals surface area contributed by atoms with E-state index in [0.717, 1.165) is 15.6 Å². The summed E-state index contributed by atoms with van der Waals surface area (Å²) in [5, 5.41) is 10.3. The fourth-order valence-corrected chi connectivity index (χ4v) is 2.28. The van der Waals surface area contributed by atoms with E-state index >= 15 is 0 Å². The van der Waals surface area contributed by atoms with Crippen LogP contribution < -0.4 is 5.06 Å². The van der Waals surface area contributed by atoms with E-state index in [1.54, 1.807) is 6.07 Å². The van der Waals surface area contributed by atoms with Crippen LogP contribution in [0.4, 0.5) is 5.69 Å². The first-order valence-electron chi connectivity index (χ1n) is 3.24. The number of para-hydroxylation sites is 1. The highest BCUT2D eigenvalue weighted by Crippen LogP contribution is 2.31. The van der Waals surface area contributed by atoms with Gasteiger partial charge in [-0.25, -0.2) is 5.06 Å². The molecule has 0 saturated heterocycles. The molecule has 11 heavy (non-hydrogen) atoms. The summed E-state index contributed by atoms with van der Waals surface area (Å²) in [4.78, 5) is 0.829. The molecule has 1 atom stereocenters. The number of nitrogens with zero attached hydrogens (tertiary/aromatic N) is 1. The van der Waals surface area contributed by atoms with E-state index in [2.05, 4.69) is 0 Å². The van der Waals surface area contributed by atoms with Gasteiger partial charge < -0.3 is 0 Å². The second kappa shape index (κ2) is 2.41. The molecule has 1 aromatic carbocycles. The molecule has 1 aliphatic rings. The zero-order valence-electron chi connectivity index (χ0n) is 5.77. The standard InChI is InChI=1S/C7H8NO2S/c9-8-5-11(10)7-4-2-1-3-6(7)8/h1-4,9-10H,5H2/q+1. The van der Waals surface area contributed by atoms with E-state index in [0.29, 0.717) is 5.88 Å². The molecule has 0 amide bonds. The third-order valence-electron chi connectivity index (χ3n) is 1.64. The van der Waals surface area contributed by atoms with Crippen LogP contribution in [0.1, 0.15) is 0 Å². The molecule has 2 N–H and O–H groups in total. The van der Waals surface area contributed by atoms with Gasteiger partial charge in [-0.15, -0.1) is 0 Å². The largest absolute Gasteiger partial charge is 0.284 e. The number of rotatable bonds is 0. The summed E-state index contributed by atoms with van der Waals surface area (Å²) in [6, 6.07) is 7.31. The molecule has 58 valence electrons. The van der Waals surface area contributed by atoms with Crippen LogP contribution in [0, 0.1) is 0 Å². The number of anilines is 1. The Bertz CT molecular complexity index is 252. The first kappa shape index (κ1) is 6.97. The lowest BCUT2D eigenvalue weighted by Crippen LogP contribution is -2.16. The lowest BCUT2D eigenvalue weighted by molar-refractivity contribution is 0.274. The highest BCUT2D eigenvalue weighted by Gasteiger charge is 2.36. The summed E-state index contributed by atoms with van der Waals surface area (Å²) in [7, 11) is 0. The van der Waals surface area contributed by atoms with E-state index in [1.807, 2.05) is 18.2 Å². The minimum Gasteiger partial charge on any atom is -0.284 e. The molecule has 0 aromatic heterocycles. The second-order valence-corrected chi connectivity index (χ2v) is 3.79. The summed E-state index contributed by atoms with van der Waals surface area (Å²) in [6.45, 7) is 0. The van der Waals surface area contributed by atoms with Gasteiger partial charge in [0, 0.05) is 0 Å². The minimum absolute atomic E-state index is 0.305. The highest BCUT2D eigenvalue weighted by molar-refractivity contribution is 7.92. The molecule has 3 nitrogen and oxygen atoms in total. The fourth-order valence-electron chi connectivity index (χ4n) is 1.12. The maximum atomic E-state index is 9.38. The van der Waals surface area contributed by atoms with Crippen molar-refractivity contribution in [3.8, 4) is 0 Å². The van der Waals surface area contributed by atoms with Crippen molar-refractivity contribution >= 4 is 16.9 Å². The van der Waals surface area contributed by atoms with Crippen LogP contribution in [-0.2, 0) is 11.2 Å². The Morgan fingerprint density at radius 2 is 2.09 bits per heavy atom. The van der Waals surface area contributed by atoms with Crippen molar-refractivity contribution in [1.29, 1.82) is 0 Å². The Morgan fingerprint density at radius 1 is 1.36 bits per heavy atom. The number of hydroxylamine groups is 1.